The number of hydrogen-bond acceptors (Lipinski definition) is 4. The maximum absolute atomic E-state index is 13.3. The first-order valence-electron chi connectivity index (χ1n) is 12.7. The maximum Gasteiger partial charge on any atom is 0.257 e. The number of hydrogen-bond donors (Lipinski definition) is 0. The molecule has 2 heterocycles. The van der Waals surface area contributed by atoms with Crippen molar-refractivity contribution >= 4 is 23.4 Å². The van der Waals surface area contributed by atoms with Gasteiger partial charge in [0.15, 0.2) is 0 Å². The first-order valence-corrected chi connectivity index (χ1v) is 13.1. The molecule has 1 saturated carbocycles. The van der Waals surface area contributed by atoms with Crippen LogP contribution in [0, 0.1) is 11.8 Å². The van der Waals surface area contributed by atoms with Crippen molar-refractivity contribution in [2.45, 2.75) is 51.4 Å². The lowest BCUT2D eigenvalue weighted by molar-refractivity contribution is -0.136. The molecular formula is C26H38ClN3O3. The Bertz CT molecular complexity index is 819. The Morgan fingerprint density at radius 2 is 1.67 bits per heavy atom. The van der Waals surface area contributed by atoms with Gasteiger partial charge in [0.2, 0.25) is 5.91 Å². The summed E-state index contributed by atoms with van der Waals surface area (Å²) in [7, 11) is 1.56. The molecular weight excluding hydrogens is 438 g/mol. The molecule has 0 unspecified atom stereocenters. The van der Waals surface area contributed by atoms with Crippen molar-refractivity contribution in [1.29, 1.82) is 0 Å². The average molecular weight is 476 g/mol. The Kier molecular flexibility index (Phi) is 8.53. The highest BCUT2D eigenvalue weighted by atomic mass is 35.5. The van der Waals surface area contributed by atoms with Gasteiger partial charge < -0.3 is 19.4 Å². The summed E-state index contributed by atoms with van der Waals surface area (Å²) in [5.74, 6) is 1.60. The quantitative estimate of drug-likeness (QED) is 0.636. The second-order valence-corrected chi connectivity index (χ2v) is 10.3. The van der Waals surface area contributed by atoms with E-state index in [9.17, 15) is 9.59 Å². The van der Waals surface area contributed by atoms with Crippen molar-refractivity contribution < 1.29 is 14.3 Å². The number of halogens is 1. The Labute approximate surface area is 203 Å². The zero-order valence-electron chi connectivity index (χ0n) is 19.9. The summed E-state index contributed by atoms with van der Waals surface area (Å²) in [4.78, 5) is 32.8. The van der Waals surface area contributed by atoms with Crippen LogP contribution in [-0.4, -0.2) is 79.4 Å². The molecule has 6 nitrogen and oxygen atoms in total. The predicted octanol–water partition coefficient (Wildman–Crippen LogP) is 4.32. The minimum atomic E-state index is -0.0756. The van der Waals surface area contributed by atoms with Crippen LogP contribution in [0.5, 0.6) is 5.75 Å². The van der Waals surface area contributed by atoms with Crippen molar-refractivity contribution in [3.63, 3.8) is 0 Å². The summed E-state index contributed by atoms with van der Waals surface area (Å²) in [5, 5.41) is 0.517. The maximum atomic E-state index is 13.3. The largest absolute Gasteiger partial charge is 0.496 e. The van der Waals surface area contributed by atoms with Gasteiger partial charge >= 0.3 is 0 Å². The van der Waals surface area contributed by atoms with E-state index in [4.69, 9.17) is 16.3 Å². The monoisotopic (exact) mass is 475 g/mol. The molecule has 3 fully saturated rings. The van der Waals surface area contributed by atoms with E-state index >= 15 is 0 Å². The summed E-state index contributed by atoms with van der Waals surface area (Å²) < 4.78 is 5.35. The number of ether oxygens (including phenoxy) is 1. The third kappa shape index (κ3) is 6.21. The number of carbonyl (C=O) groups is 2. The van der Waals surface area contributed by atoms with Crippen LogP contribution >= 0.6 is 11.6 Å². The number of carbonyl (C=O) groups excluding carboxylic acids is 2. The fraction of sp³-hybridized carbons (Fsp3) is 0.692. The van der Waals surface area contributed by atoms with Crippen LogP contribution in [0.25, 0.3) is 0 Å². The number of benzene rings is 1. The van der Waals surface area contributed by atoms with Gasteiger partial charge in [0.25, 0.3) is 5.91 Å². The van der Waals surface area contributed by atoms with Crippen molar-refractivity contribution in [2.75, 3.05) is 52.9 Å². The number of methoxy groups -OCH3 is 1. The molecule has 0 spiro atoms. The van der Waals surface area contributed by atoms with E-state index in [1.807, 2.05) is 4.90 Å². The highest BCUT2D eigenvalue weighted by Crippen LogP contribution is 2.28. The van der Waals surface area contributed by atoms with Crippen LogP contribution in [0.3, 0.4) is 0 Å². The smallest absolute Gasteiger partial charge is 0.257 e. The van der Waals surface area contributed by atoms with Crippen LogP contribution in [-0.2, 0) is 4.79 Å². The first-order chi connectivity index (χ1) is 16.0. The molecule has 2 aliphatic heterocycles. The lowest BCUT2D eigenvalue weighted by Crippen LogP contribution is -2.45. The molecule has 1 aromatic carbocycles. The molecule has 182 valence electrons. The van der Waals surface area contributed by atoms with Gasteiger partial charge in [0.1, 0.15) is 5.75 Å². The summed E-state index contributed by atoms with van der Waals surface area (Å²) in [6.07, 6.45) is 9.41. The SMILES string of the molecule is COc1ccc(Cl)cc1C(=O)N1CCC(C(=O)N2CCCN(CC3CCCCC3)CC2)CC1. The molecule has 0 atom stereocenters. The Morgan fingerprint density at radius 1 is 0.909 bits per heavy atom. The van der Waals surface area contributed by atoms with E-state index in [-0.39, 0.29) is 17.7 Å². The number of nitrogens with zero attached hydrogens (tertiary/aromatic N) is 3. The highest BCUT2D eigenvalue weighted by molar-refractivity contribution is 6.31. The second-order valence-electron chi connectivity index (χ2n) is 9.89. The molecule has 0 aromatic heterocycles. The normalized spacial score (nSPS) is 21.6. The number of piperidine rings is 1. The summed E-state index contributed by atoms with van der Waals surface area (Å²) in [5.41, 5.74) is 0.486. The van der Waals surface area contributed by atoms with Gasteiger partial charge in [-0.05, 0) is 62.8 Å². The topological polar surface area (TPSA) is 53.1 Å². The Morgan fingerprint density at radius 3 is 2.39 bits per heavy atom. The van der Waals surface area contributed by atoms with Crippen LogP contribution in [0.15, 0.2) is 18.2 Å². The molecule has 0 bridgehead atoms. The fourth-order valence-corrected chi connectivity index (χ4v) is 5.89. The molecule has 0 radical (unpaired) electrons. The number of amides is 2. The van der Waals surface area contributed by atoms with Crippen molar-refractivity contribution in [1.82, 2.24) is 14.7 Å². The van der Waals surface area contributed by atoms with E-state index in [1.165, 1.54) is 38.6 Å². The van der Waals surface area contributed by atoms with Crippen LogP contribution in [0.1, 0.15) is 61.7 Å². The zero-order valence-corrected chi connectivity index (χ0v) is 20.7. The third-order valence-corrected chi connectivity index (χ3v) is 7.90. The van der Waals surface area contributed by atoms with Gasteiger partial charge in [-0.3, -0.25) is 9.59 Å². The number of likely N-dealkylation sites (tertiary alicyclic amines) is 1. The van der Waals surface area contributed by atoms with Gasteiger partial charge in [-0.15, -0.1) is 0 Å². The number of rotatable bonds is 5. The van der Waals surface area contributed by atoms with Crippen LogP contribution in [0.4, 0.5) is 0 Å². The predicted molar refractivity (Wildman–Crippen MR) is 131 cm³/mol. The van der Waals surface area contributed by atoms with Gasteiger partial charge in [-0.25, -0.2) is 0 Å². The Hall–Kier alpha value is -1.79. The van der Waals surface area contributed by atoms with E-state index in [2.05, 4.69) is 9.80 Å². The van der Waals surface area contributed by atoms with Crippen LogP contribution < -0.4 is 4.74 Å². The molecule has 1 aliphatic carbocycles. The summed E-state index contributed by atoms with van der Waals surface area (Å²) >= 11 is 6.11. The van der Waals surface area contributed by atoms with Crippen molar-refractivity contribution in [3.05, 3.63) is 28.8 Å². The van der Waals surface area contributed by atoms with Gasteiger partial charge in [0.05, 0.1) is 12.7 Å². The molecule has 4 rings (SSSR count). The van der Waals surface area contributed by atoms with E-state index in [0.717, 1.165) is 51.4 Å². The average Bonchev–Trinajstić information content (AvgIpc) is 3.09. The van der Waals surface area contributed by atoms with Gasteiger partial charge in [0, 0.05) is 50.2 Å². The molecule has 3 aliphatic rings. The Balaban J connectivity index is 1.27. The van der Waals surface area contributed by atoms with Crippen molar-refractivity contribution in [3.8, 4) is 5.75 Å². The molecule has 33 heavy (non-hydrogen) atoms. The summed E-state index contributed by atoms with van der Waals surface area (Å²) in [6.45, 7) is 6.18. The molecule has 2 saturated heterocycles. The minimum Gasteiger partial charge on any atom is -0.496 e. The van der Waals surface area contributed by atoms with Gasteiger partial charge in [-0.1, -0.05) is 30.9 Å². The summed E-state index contributed by atoms with van der Waals surface area (Å²) in [6, 6.07) is 5.11. The lowest BCUT2D eigenvalue weighted by Gasteiger charge is -2.34. The molecule has 7 heteroatoms. The minimum absolute atomic E-state index is 0.0141. The third-order valence-electron chi connectivity index (χ3n) is 7.66. The standard InChI is InChI=1S/C26H38ClN3O3/c1-33-24-9-8-22(27)18-23(24)26(32)30-14-10-21(11-15-30)25(31)29-13-5-12-28(16-17-29)19-20-6-3-2-4-7-20/h8-9,18,20-21H,2-7,10-17,19H2,1H3. The molecule has 1 aromatic rings. The molecule has 0 N–H and O–H groups in total. The second kappa shape index (κ2) is 11.6. The fourth-order valence-electron chi connectivity index (χ4n) is 5.71. The van der Waals surface area contributed by atoms with E-state index in [0.29, 0.717) is 29.4 Å². The van der Waals surface area contributed by atoms with E-state index in [1.54, 1.807) is 25.3 Å². The first kappa shape index (κ1) is 24.3. The van der Waals surface area contributed by atoms with Gasteiger partial charge in [-0.2, -0.15) is 0 Å². The lowest BCUT2D eigenvalue weighted by atomic mass is 9.89. The molecule has 2 amide bonds. The van der Waals surface area contributed by atoms with Crippen molar-refractivity contribution in [2.24, 2.45) is 11.8 Å². The van der Waals surface area contributed by atoms with E-state index < -0.39 is 0 Å². The highest BCUT2D eigenvalue weighted by Gasteiger charge is 2.32. The zero-order chi connectivity index (χ0) is 23.2. The van der Waals surface area contributed by atoms with Crippen LogP contribution in [0.2, 0.25) is 5.02 Å².